The fourth-order valence-electron chi connectivity index (χ4n) is 4.74. The molecular formula is C38H49NO8S. The molecule has 10 heteroatoms. The van der Waals surface area contributed by atoms with Gasteiger partial charge in [-0.05, 0) is 68.5 Å². The first-order valence-electron chi connectivity index (χ1n) is 15.3. The minimum absolute atomic E-state index is 0.0665. The van der Waals surface area contributed by atoms with E-state index in [2.05, 4.69) is 17.9 Å². The number of esters is 1. The number of ether oxygens (including phenoxy) is 3. The Hall–Kier alpha value is -4.83. The fourth-order valence-corrected chi connectivity index (χ4v) is 4.93. The lowest BCUT2D eigenvalue weighted by Gasteiger charge is -2.25. The van der Waals surface area contributed by atoms with Crippen LogP contribution in [0, 0.1) is 13.8 Å². The number of carbonyl (C=O) groups is 4. The quantitative estimate of drug-likeness (QED) is 0.152. The second kappa shape index (κ2) is 24.4. The minimum Gasteiger partial charge on any atom is -0.508 e. The molecule has 2 N–H and O–H groups in total. The van der Waals surface area contributed by atoms with Crippen LogP contribution >= 0.6 is 12.6 Å². The monoisotopic (exact) mass is 679 g/mol. The SMILES string of the molecule is C=O.C=O.CC.COc1ccccc1CCC1=C(C(=O)CS)CC(C(=O)OCc2cccc(C)c2OC)=C(C)N1.Cc1cccc(O)c1. The number of rotatable bonds is 10. The molecule has 0 saturated carbocycles. The van der Waals surface area contributed by atoms with E-state index in [1.807, 2.05) is 103 Å². The molecule has 1 aliphatic rings. The second-order valence-electron chi connectivity index (χ2n) is 9.94. The molecule has 9 nitrogen and oxygen atoms in total. The molecule has 0 unspecified atom stereocenters. The Bertz CT molecular complexity index is 1500. The molecule has 0 saturated heterocycles. The average Bonchev–Trinajstić information content (AvgIpc) is 3.12. The Morgan fingerprint density at radius 3 is 2.02 bits per heavy atom. The van der Waals surface area contributed by atoms with Gasteiger partial charge in [0.15, 0.2) is 5.78 Å². The molecule has 48 heavy (non-hydrogen) atoms. The van der Waals surface area contributed by atoms with Crippen molar-refractivity contribution in [3.05, 3.63) is 112 Å². The largest absolute Gasteiger partial charge is 0.508 e. The van der Waals surface area contributed by atoms with Crippen LogP contribution in [0.15, 0.2) is 89.3 Å². The van der Waals surface area contributed by atoms with Crippen molar-refractivity contribution in [3.8, 4) is 17.2 Å². The highest BCUT2D eigenvalue weighted by molar-refractivity contribution is 7.81. The molecular weight excluding hydrogens is 630 g/mol. The molecule has 0 aliphatic carbocycles. The van der Waals surface area contributed by atoms with E-state index in [4.69, 9.17) is 28.9 Å². The summed E-state index contributed by atoms with van der Waals surface area (Å²) in [4.78, 5) is 41.7. The number of methoxy groups -OCH3 is 2. The summed E-state index contributed by atoms with van der Waals surface area (Å²) in [7, 11) is 3.24. The van der Waals surface area contributed by atoms with E-state index >= 15 is 0 Å². The number of carbonyl (C=O) groups excluding carboxylic acids is 4. The zero-order valence-electron chi connectivity index (χ0n) is 29.1. The predicted octanol–water partition coefficient (Wildman–Crippen LogP) is 7.07. The van der Waals surface area contributed by atoms with Gasteiger partial charge in [-0.2, -0.15) is 12.6 Å². The lowest BCUT2D eigenvalue weighted by molar-refractivity contribution is -0.140. The third kappa shape index (κ3) is 13.5. The van der Waals surface area contributed by atoms with Crippen molar-refractivity contribution in [2.45, 2.75) is 60.5 Å². The zero-order valence-corrected chi connectivity index (χ0v) is 29.9. The van der Waals surface area contributed by atoms with Gasteiger partial charge in [0.1, 0.15) is 37.4 Å². The third-order valence-electron chi connectivity index (χ3n) is 6.93. The molecule has 4 rings (SSSR count). The van der Waals surface area contributed by atoms with Gasteiger partial charge in [-0.3, -0.25) is 4.79 Å². The van der Waals surface area contributed by atoms with Crippen molar-refractivity contribution >= 4 is 38.0 Å². The second-order valence-corrected chi connectivity index (χ2v) is 10.3. The Kier molecular flexibility index (Phi) is 21.9. The highest BCUT2D eigenvalue weighted by Crippen LogP contribution is 2.30. The molecule has 0 amide bonds. The lowest BCUT2D eigenvalue weighted by atomic mass is 9.92. The number of Topliss-reactive ketones (excluding diaryl/α,β-unsaturated/α-hetero) is 1. The molecule has 0 aromatic heterocycles. The average molecular weight is 680 g/mol. The Morgan fingerprint density at radius 1 is 0.833 bits per heavy atom. The van der Waals surface area contributed by atoms with Crippen LogP contribution in [0.5, 0.6) is 17.2 Å². The molecule has 1 heterocycles. The van der Waals surface area contributed by atoms with Crippen LogP contribution in [0.1, 0.15) is 55.9 Å². The number of nitrogens with one attached hydrogen (secondary N) is 1. The molecule has 1 aliphatic heterocycles. The van der Waals surface area contributed by atoms with Crippen LogP contribution < -0.4 is 14.8 Å². The maximum atomic E-state index is 13.0. The van der Waals surface area contributed by atoms with Crippen LogP contribution in [0.2, 0.25) is 0 Å². The first-order chi connectivity index (χ1) is 23.2. The summed E-state index contributed by atoms with van der Waals surface area (Å²) in [5.41, 5.74) is 6.40. The number of phenols is 1. The van der Waals surface area contributed by atoms with Crippen molar-refractivity contribution in [3.63, 3.8) is 0 Å². The van der Waals surface area contributed by atoms with Crippen molar-refractivity contribution in [1.29, 1.82) is 0 Å². The topological polar surface area (TPSA) is 128 Å². The molecule has 3 aromatic rings. The minimum atomic E-state index is -0.457. The number of para-hydroxylation sites is 2. The van der Waals surface area contributed by atoms with Gasteiger partial charge in [-0.25, -0.2) is 4.79 Å². The summed E-state index contributed by atoms with van der Waals surface area (Å²) in [6, 6.07) is 20.7. The number of benzene rings is 3. The van der Waals surface area contributed by atoms with Gasteiger partial charge in [-0.1, -0.05) is 62.4 Å². The van der Waals surface area contributed by atoms with E-state index in [-0.39, 0.29) is 24.6 Å². The van der Waals surface area contributed by atoms with E-state index in [9.17, 15) is 9.59 Å². The van der Waals surface area contributed by atoms with Crippen molar-refractivity contribution in [2.75, 3.05) is 20.0 Å². The molecule has 3 aromatic carbocycles. The Labute approximate surface area is 290 Å². The predicted molar refractivity (Wildman–Crippen MR) is 194 cm³/mol. The smallest absolute Gasteiger partial charge is 0.336 e. The summed E-state index contributed by atoms with van der Waals surface area (Å²) in [5.74, 6) is 1.35. The van der Waals surface area contributed by atoms with Crippen LogP contribution in [0.25, 0.3) is 0 Å². The number of aryl methyl sites for hydroxylation is 3. The molecule has 260 valence electrons. The summed E-state index contributed by atoms with van der Waals surface area (Å²) in [6.07, 6.45) is 1.51. The van der Waals surface area contributed by atoms with Gasteiger partial charge in [0.2, 0.25) is 0 Å². The molecule has 0 spiro atoms. The number of hydrogen-bond donors (Lipinski definition) is 3. The summed E-state index contributed by atoms with van der Waals surface area (Å²) < 4.78 is 16.5. The van der Waals surface area contributed by atoms with Gasteiger partial charge < -0.3 is 34.2 Å². The first-order valence-corrected chi connectivity index (χ1v) is 15.9. The van der Waals surface area contributed by atoms with Crippen molar-refractivity contribution < 1.29 is 38.5 Å². The normalized spacial score (nSPS) is 11.3. The van der Waals surface area contributed by atoms with Gasteiger partial charge in [0.05, 0.1) is 25.5 Å². The van der Waals surface area contributed by atoms with Crippen molar-refractivity contribution in [1.82, 2.24) is 5.32 Å². The first kappa shape index (κ1) is 43.2. The molecule has 0 radical (unpaired) electrons. The number of ketones is 1. The molecule has 0 atom stereocenters. The van der Waals surface area contributed by atoms with E-state index in [0.29, 0.717) is 41.2 Å². The zero-order chi connectivity index (χ0) is 36.6. The summed E-state index contributed by atoms with van der Waals surface area (Å²) in [5, 5.41) is 12.1. The number of phenolic OH excluding ortho intramolecular Hbond substituents is 1. The Balaban J connectivity index is 0.00000133. The highest BCUT2D eigenvalue weighted by Gasteiger charge is 2.27. The molecule has 0 bridgehead atoms. The maximum absolute atomic E-state index is 13.0. The van der Waals surface area contributed by atoms with E-state index in [1.165, 1.54) is 0 Å². The lowest BCUT2D eigenvalue weighted by Crippen LogP contribution is -2.28. The van der Waals surface area contributed by atoms with Gasteiger partial charge in [-0.15, -0.1) is 0 Å². The number of thiol groups is 1. The maximum Gasteiger partial charge on any atom is 0.336 e. The summed E-state index contributed by atoms with van der Waals surface area (Å²) >= 11 is 4.18. The Morgan fingerprint density at radius 2 is 1.46 bits per heavy atom. The highest BCUT2D eigenvalue weighted by atomic mass is 32.1. The van der Waals surface area contributed by atoms with Gasteiger partial charge >= 0.3 is 5.97 Å². The van der Waals surface area contributed by atoms with E-state index in [1.54, 1.807) is 26.4 Å². The van der Waals surface area contributed by atoms with Crippen LogP contribution in [0.4, 0.5) is 0 Å². The number of hydrogen-bond acceptors (Lipinski definition) is 10. The summed E-state index contributed by atoms with van der Waals surface area (Å²) in [6.45, 7) is 13.8. The van der Waals surface area contributed by atoms with E-state index in [0.717, 1.165) is 33.7 Å². The van der Waals surface area contributed by atoms with Crippen LogP contribution in [-0.4, -0.2) is 50.4 Å². The van der Waals surface area contributed by atoms with Crippen LogP contribution in [-0.2, 0) is 36.9 Å². The third-order valence-corrected chi connectivity index (χ3v) is 7.22. The molecule has 0 fully saturated rings. The fraction of sp³-hybridized carbons (Fsp3) is 0.316. The van der Waals surface area contributed by atoms with Gasteiger partial charge in [0.25, 0.3) is 0 Å². The number of aromatic hydroxyl groups is 1. The van der Waals surface area contributed by atoms with Crippen LogP contribution in [0.3, 0.4) is 0 Å². The number of allylic oxidation sites excluding steroid dienone is 3. The van der Waals surface area contributed by atoms with Crippen molar-refractivity contribution in [2.24, 2.45) is 0 Å². The van der Waals surface area contributed by atoms with Gasteiger partial charge in [0, 0.05) is 29.0 Å². The standard InChI is InChI=1S/C27H31NO5S.C7H8O.C2H6.2CH2O/c1-17-8-7-10-20(26(17)32-4)15-33-27(30)21-14-22(24(29)16-34)23(28-18(21)2)13-12-19-9-5-6-11-25(19)31-3;1-6-3-2-4-7(8)5-6;3*1-2/h5-11,28,34H,12-16H2,1-4H3;2-5,8H,1H3;1-2H3;2*1H2. The number of dihydropyridines is 1. The van der Waals surface area contributed by atoms with E-state index < -0.39 is 5.97 Å².